The summed E-state index contributed by atoms with van der Waals surface area (Å²) >= 11 is 0. The highest BCUT2D eigenvalue weighted by Crippen LogP contribution is 2.16. The number of hydrogen-bond donors (Lipinski definition) is 1. The first-order valence-corrected chi connectivity index (χ1v) is 5.92. The number of ketones is 1. The van der Waals surface area contributed by atoms with Gasteiger partial charge in [0.1, 0.15) is 0 Å². The van der Waals surface area contributed by atoms with Crippen molar-refractivity contribution in [3.63, 3.8) is 0 Å². The molecule has 0 unspecified atom stereocenters. The van der Waals surface area contributed by atoms with Crippen LogP contribution < -0.4 is 5.49 Å². The van der Waals surface area contributed by atoms with Gasteiger partial charge in [0.2, 0.25) is 0 Å². The van der Waals surface area contributed by atoms with E-state index in [-0.39, 0.29) is 5.78 Å². The number of aromatic nitrogens is 1. The number of fused-ring (bicyclic) bond motifs is 1. The summed E-state index contributed by atoms with van der Waals surface area (Å²) < 4.78 is 0. The minimum atomic E-state index is 0.000763. The molecule has 0 amide bonds. The molecule has 4 heteroatoms. The predicted molar refractivity (Wildman–Crippen MR) is 72.8 cm³/mol. The van der Waals surface area contributed by atoms with E-state index in [1.807, 2.05) is 36.4 Å². The highest BCUT2D eigenvalue weighted by atomic mass is 16.1. The second kappa shape index (κ2) is 4.86. The number of aromatic amines is 1. The lowest BCUT2D eigenvalue weighted by atomic mass is 9.94. The van der Waals surface area contributed by atoms with Crippen LogP contribution >= 0.6 is 0 Å². The van der Waals surface area contributed by atoms with Crippen LogP contribution in [-0.4, -0.2) is 16.5 Å². The van der Waals surface area contributed by atoms with Crippen molar-refractivity contribution < 1.29 is 4.79 Å². The van der Waals surface area contributed by atoms with E-state index in [1.165, 1.54) is 6.08 Å². The van der Waals surface area contributed by atoms with Gasteiger partial charge in [0, 0.05) is 17.3 Å². The molecule has 3 rings (SSSR count). The average molecular weight is 249 g/mol. The first-order valence-electron chi connectivity index (χ1n) is 5.92. The van der Waals surface area contributed by atoms with Gasteiger partial charge in [0.25, 0.3) is 0 Å². The molecule has 1 N–H and O–H groups in total. The van der Waals surface area contributed by atoms with Gasteiger partial charge >= 0.3 is 0 Å². The normalized spacial score (nSPS) is 16.7. The molecule has 1 aliphatic rings. The van der Waals surface area contributed by atoms with Crippen LogP contribution in [0.4, 0.5) is 0 Å². The Labute approximate surface area is 109 Å². The standard InChI is InChI=1S/C15H11N3O/c19-14-9-8-13(11-5-1-2-6-12(11)14)17-18-15-7-3-4-10-16-15/h1-10H,(H,16,18). The van der Waals surface area contributed by atoms with Crippen molar-refractivity contribution in [1.29, 1.82) is 0 Å². The summed E-state index contributed by atoms with van der Waals surface area (Å²) in [5.41, 5.74) is 2.83. The van der Waals surface area contributed by atoms with Crippen molar-refractivity contribution in [1.82, 2.24) is 4.98 Å². The molecule has 0 bridgehead atoms. The number of nitrogens with one attached hydrogen (secondary N) is 1. The molecule has 4 nitrogen and oxygen atoms in total. The van der Waals surface area contributed by atoms with Gasteiger partial charge in [-0.1, -0.05) is 30.3 Å². The zero-order valence-corrected chi connectivity index (χ0v) is 10.1. The molecule has 0 aliphatic heterocycles. The van der Waals surface area contributed by atoms with Crippen molar-refractivity contribution in [3.05, 3.63) is 77.4 Å². The molecule has 19 heavy (non-hydrogen) atoms. The lowest BCUT2D eigenvalue weighted by Crippen LogP contribution is -2.12. The minimum absolute atomic E-state index is 0.000763. The summed E-state index contributed by atoms with van der Waals surface area (Å²) in [7, 11) is 0. The number of carbonyl (C=O) groups is 1. The summed E-state index contributed by atoms with van der Waals surface area (Å²) in [5.74, 6) is 0.000763. The van der Waals surface area contributed by atoms with Gasteiger partial charge in [-0.2, -0.15) is 0 Å². The number of H-pyrrole nitrogens is 1. The van der Waals surface area contributed by atoms with Gasteiger partial charge in [0.05, 0.1) is 5.71 Å². The lowest BCUT2D eigenvalue weighted by molar-refractivity contribution is 0.104. The van der Waals surface area contributed by atoms with Crippen LogP contribution in [0.2, 0.25) is 0 Å². The number of benzene rings is 1. The molecule has 1 heterocycles. The Morgan fingerprint density at radius 1 is 0.842 bits per heavy atom. The number of carbonyl (C=O) groups excluding carboxylic acids is 1. The molecule has 0 spiro atoms. The molecule has 0 radical (unpaired) electrons. The quantitative estimate of drug-likeness (QED) is 0.773. The summed E-state index contributed by atoms with van der Waals surface area (Å²) in [6, 6.07) is 13.0. The van der Waals surface area contributed by atoms with E-state index in [2.05, 4.69) is 15.2 Å². The molecular formula is C15H11N3O. The van der Waals surface area contributed by atoms with Crippen molar-refractivity contribution in [2.75, 3.05) is 0 Å². The summed E-state index contributed by atoms with van der Waals surface area (Å²) in [6.07, 6.45) is 5.00. The monoisotopic (exact) mass is 249 g/mol. The Morgan fingerprint density at radius 3 is 2.42 bits per heavy atom. The van der Waals surface area contributed by atoms with Crippen LogP contribution in [0.25, 0.3) is 0 Å². The predicted octanol–water partition coefficient (Wildman–Crippen LogP) is 2.07. The number of pyridine rings is 1. The van der Waals surface area contributed by atoms with Crippen LogP contribution in [0.15, 0.2) is 71.0 Å². The van der Waals surface area contributed by atoms with E-state index in [0.717, 1.165) is 5.56 Å². The van der Waals surface area contributed by atoms with Crippen LogP contribution in [0.1, 0.15) is 15.9 Å². The molecule has 0 atom stereocenters. The average Bonchev–Trinajstić information content (AvgIpc) is 2.48. The first-order chi connectivity index (χ1) is 9.34. The second-order valence-electron chi connectivity index (χ2n) is 4.08. The molecular weight excluding hydrogens is 238 g/mol. The van der Waals surface area contributed by atoms with Gasteiger partial charge in [-0.25, -0.2) is 0 Å². The van der Waals surface area contributed by atoms with E-state index in [0.29, 0.717) is 16.8 Å². The number of allylic oxidation sites excluding steroid dienone is 2. The number of rotatable bonds is 1. The third kappa shape index (κ3) is 2.28. The Bertz CT molecular complexity index is 736. The fourth-order valence-corrected chi connectivity index (χ4v) is 1.90. The third-order valence-electron chi connectivity index (χ3n) is 2.82. The van der Waals surface area contributed by atoms with E-state index in [1.54, 1.807) is 18.3 Å². The van der Waals surface area contributed by atoms with Gasteiger partial charge in [0.15, 0.2) is 11.3 Å². The van der Waals surface area contributed by atoms with E-state index in [9.17, 15) is 4.79 Å². The van der Waals surface area contributed by atoms with Gasteiger partial charge in [-0.15, -0.1) is 10.2 Å². The third-order valence-corrected chi connectivity index (χ3v) is 2.82. The van der Waals surface area contributed by atoms with Crippen LogP contribution in [0.5, 0.6) is 0 Å². The van der Waals surface area contributed by atoms with Gasteiger partial charge in [-0.05, 0) is 24.3 Å². The number of hydrogen-bond acceptors (Lipinski definition) is 3. The first kappa shape index (κ1) is 11.3. The molecule has 0 fully saturated rings. The maximum atomic E-state index is 11.7. The van der Waals surface area contributed by atoms with E-state index < -0.39 is 0 Å². The van der Waals surface area contributed by atoms with Gasteiger partial charge < -0.3 is 4.98 Å². The highest BCUT2D eigenvalue weighted by molar-refractivity contribution is 6.23. The lowest BCUT2D eigenvalue weighted by Gasteiger charge is -2.09. The van der Waals surface area contributed by atoms with Crippen LogP contribution in [-0.2, 0) is 0 Å². The van der Waals surface area contributed by atoms with Gasteiger partial charge in [-0.3, -0.25) is 4.79 Å². The Balaban J connectivity index is 2.08. The second-order valence-corrected chi connectivity index (χ2v) is 4.08. The smallest absolute Gasteiger partial charge is 0.186 e. The summed E-state index contributed by atoms with van der Waals surface area (Å²) in [5, 5.41) is 8.32. The van der Waals surface area contributed by atoms with Crippen molar-refractivity contribution >= 4 is 11.5 Å². The Hall–Kier alpha value is -2.75. The topological polar surface area (TPSA) is 57.6 Å². The zero-order chi connectivity index (χ0) is 13.1. The summed E-state index contributed by atoms with van der Waals surface area (Å²) in [4.78, 5) is 14.7. The largest absolute Gasteiger partial charge is 0.345 e. The maximum Gasteiger partial charge on any atom is 0.186 e. The molecule has 1 aromatic heterocycles. The Kier molecular flexibility index (Phi) is 2.90. The van der Waals surface area contributed by atoms with Crippen molar-refractivity contribution in [3.8, 4) is 0 Å². The SMILES string of the molecule is O=C1C=CC(=NN=c2cccc[nH]2)c2ccccc21. The van der Waals surface area contributed by atoms with Crippen molar-refractivity contribution in [2.24, 2.45) is 10.2 Å². The van der Waals surface area contributed by atoms with Crippen molar-refractivity contribution in [2.45, 2.75) is 0 Å². The molecule has 92 valence electrons. The van der Waals surface area contributed by atoms with Crippen LogP contribution in [0.3, 0.4) is 0 Å². The maximum absolute atomic E-state index is 11.7. The van der Waals surface area contributed by atoms with E-state index in [4.69, 9.17) is 0 Å². The summed E-state index contributed by atoms with van der Waals surface area (Å²) in [6.45, 7) is 0. The highest BCUT2D eigenvalue weighted by Gasteiger charge is 2.16. The van der Waals surface area contributed by atoms with E-state index >= 15 is 0 Å². The van der Waals surface area contributed by atoms with Crippen LogP contribution in [0, 0.1) is 0 Å². The fourth-order valence-electron chi connectivity index (χ4n) is 1.90. The molecule has 0 saturated carbocycles. The molecule has 2 aromatic rings. The molecule has 1 aromatic carbocycles. The number of nitrogens with zero attached hydrogens (tertiary/aromatic N) is 2. The Morgan fingerprint density at radius 2 is 1.63 bits per heavy atom. The fraction of sp³-hybridized carbons (Fsp3) is 0. The molecule has 1 aliphatic carbocycles. The zero-order valence-electron chi connectivity index (χ0n) is 10.1. The molecule has 0 saturated heterocycles. The minimum Gasteiger partial charge on any atom is -0.345 e.